The number of carbonyl (C=O) groups is 2. The third-order valence-corrected chi connectivity index (χ3v) is 10.1. The number of epoxide rings is 1. The van der Waals surface area contributed by atoms with Gasteiger partial charge >= 0.3 is 0 Å². The minimum Gasteiger partial charge on any atom is -0.390 e. The summed E-state index contributed by atoms with van der Waals surface area (Å²) in [6.07, 6.45) is 6.54. The Morgan fingerprint density at radius 2 is 2.00 bits per heavy atom. The molecule has 3 heterocycles. The first-order valence-electron chi connectivity index (χ1n) is 13.7. The van der Waals surface area contributed by atoms with E-state index < -0.39 is 17.6 Å². The molecule has 4 aliphatic rings. The Bertz CT molecular complexity index is 1250. The fourth-order valence-corrected chi connectivity index (χ4v) is 7.91. The molecule has 6 rings (SSSR count). The second-order valence-electron chi connectivity index (χ2n) is 12.0. The molecule has 2 aliphatic carbocycles. The Labute approximate surface area is 218 Å². The molecule has 0 bridgehead atoms. The number of rotatable bonds is 3. The largest absolute Gasteiger partial charge is 0.390 e. The van der Waals surface area contributed by atoms with Crippen LogP contribution in [0.1, 0.15) is 45.6 Å². The number of Topliss-reactive ketones (excluding diaryl/α,β-unsaturated/α-hetero) is 1. The average molecular weight is 507 g/mol. The predicted molar refractivity (Wildman–Crippen MR) is 140 cm³/mol. The predicted octanol–water partition coefficient (Wildman–Crippen LogP) is 3.56. The van der Waals surface area contributed by atoms with E-state index in [4.69, 9.17) is 9.47 Å². The maximum Gasteiger partial charge on any atom is 0.235 e. The van der Waals surface area contributed by atoms with E-state index in [9.17, 15) is 14.7 Å². The summed E-state index contributed by atoms with van der Waals surface area (Å²) in [6, 6.07) is 7.95. The van der Waals surface area contributed by atoms with Crippen molar-refractivity contribution in [1.29, 1.82) is 0 Å². The highest BCUT2D eigenvalue weighted by Gasteiger charge is 2.78. The lowest BCUT2D eigenvalue weighted by atomic mass is 9.51. The Balaban J connectivity index is 1.46. The number of amides is 1. The molecule has 1 saturated carbocycles. The highest BCUT2D eigenvalue weighted by molar-refractivity contribution is 6.09. The molecule has 37 heavy (non-hydrogen) atoms. The Kier molecular flexibility index (Phi) is 5.90. The van der Waals surface area contributed by atoms with Gasteiger partial charge in [0.25, 0.3) is 0 Å². The van der Waals surface area contributed by atoms with Crippen LogP contribution in [0.25, 0.3) is 10.9 Å². The first-order valence-corrected chi connectivity index (χ1v) is 13.7. The average Bonchev–Trinajstić information content (AvgIpc) is 3.28. The second kappa shape index (κ2) is 8.79. The molecular formula is C30H38N2O5. The number of allylic oxidation sites excluding steroid dienone is 1. The first-order chi connectivity index (χ1) is 17.7. The van der Waals surface area contributed by atoms with Crippen LogP contribution in [0.2, 0.25) is 0 Å². The summed E-state index contributed by atoms with van der Waals surface area (Å²) in [6.45, 7) is 6.36. The van der Waals surface area contributed by atoms with Gasteiger partial charge in [0.1, 0.15) is 5.41 Å². The van der Waals surface area contributed by atoms with Crippen molar-refractivity contribution in [2.45, 2.75) is 76.4 Å². The number of carbonyl (C=O) groups excluding carboxylic acids is 2. The van der Waals surface area contributed by atoms with Crippen LogP contribution in [0.15, 0.2) is 42.6 Å². The zero-order chi connectivity index (χ0) is 26.1. The molecule has 3 N–H and O–H groups in total. The molecule has 3 fully saturated rings. The summed E-state index contributed by atoms with van der Waals surface area (Å²) in [7, 11) is 1.54. The van der Waals surface area contributed by atoms with Gasteiger partial charge in [0.15, 0.2) is 5.78 Å². The highest BCUT2D eigenvalue weighted by Crippen LogP contribution is 2.66. The van der Waals surface area contributed by atoms with Crippen LogP contribution in [0, 0.1) is 29.1 Å². The van der Waals surface area contributed by atoms with E-state index in [0.717, 1.165) is 22.9 Å². The van der Waals surface area contributed by atoms with Crippen LogP contribution in [-0.4, -0.2) is 58.8 Å². The fourth-order valence-electron chi connectivity index (χ4n) is 7.91. The molecule has 7 heteroatoms. The number of aromatic nitrogens is 1. The van der Waals surface area contributed by atoms with E-state index in [2.05, 4.69) is 49.3 Å². The summed E-state index contributed by atoms with van der Waals surface area (Å²) in [5.41, 5.74) is 0.561. The van der Waals surface area contributed by atoms with Crippen molar-refractivity contribution in [2.75, 3.05) is 7.11 Å². The number of ether oxygens (including phenoxy) is 2. The lowest BCUT2D eigenvalue weighted by molar-refractivity contribution is -0.151. The minimum absolute atomic E-state index is 0.00442. The van der Waals surface area contributed by atoms with Gasteiger partial charge in [0.2, 0.25) is 5.91 Å². The molecule has 1 aromatic heterocycles. The molecule has 7 nitrogen and oxygen atoms in total. The van der Waals surface area contributed by atoms with Crippen LogP contribution in [0.4, 0.5) is 0 Å². The zero-order valence-corrected chi connectivity index (χ0v) is 22.1. The van der Waals surface area contributed by atoms with E-state index in [-0.39, 0.29) is 59.5 Å². The van der Waals surface area contributed by atoms with Crippen molar-refractivity contribution in [3.8, 4) is 0 Å². The molecule has 2 aliphatic heterocycles. The smallest absolute Gasteiger partial charge is 0.235 e. The van der Waals surface area contributed by atoms with Gasteiger partial charge in [0, 0.05) is 48.5 Å². The molecule has 1 aromatic carbocycles. The summed E-state index contributed by atoms with van der Waals surface area (Å²) >= 11 is 0. The van der Waals surface area contributed by atoms with Crippen LogP contribution in [0.5, 0.6) is 0 Å². The molecule has 2 saturated heterocycles. The molecule has 10 atom stereocenters. The highest BCUT2D eigenvalue weighted by atomic mass is 16.6. The number of para-hydroxylation sites is 1. The van der Waals surface area contributed by atoms with Gasteiger partial charge in [-0.15, -0.1) is 0 Å². The van der Waals surface area contributed by atoms with Gasteiger partial charge in [-0.25, -0.2) is 0 Å². The number of methoxy groups -OCH3 is 1. The number of hydrogen-bond acceptors (Lipinski definition) is 5. The van der Waals surface area contributed by atoms with E-state index in [1.165, 1.54) is 7.11 Å². The lowest BCUT2D eigenvalue weighted by Crippen LogP contribution is -2.59. The lowest BCUT2D eigenvalue weighted by Gasteiger charge is -2.46. The van der Waals surface area contributed by atoms with E-state index >= 15 is 0 Å². The number of aliphatic hydroxyl groups is 1. The van der Waals surface area contributed by atoms with E-state index in [0.29, 0.717) is 12.8 Å². The molecule has 1 amide bonds. The second-order valence-corrected chi connectivity index (χ2v) is 12.0. The van der Waals surface area contributed by atoms with Gasteiger partial charge in [0.05, 0.1) is 23.9 Å². The van der Waals surface area contributed by atoms with Gasteiger partial charge < -0.3 is 24.9 Å². The van der Waals surface area contributed by atoms with Gasteiger partial charge in [-0.05, 0) is 49.7 Å². The summed E-state index contributed by atoms with van der Waals surface area (Å²) in [4.78, 5) is 31.9. The number of aromatic amines is 1. The van der Waals surface area contributed by atoms with Crippen LogP contribution >= 0.6 is 0 Å². The molecule has 1 spiro atoms. The number of benzene rings is 1. The number of fused-ring (bicyclic) bond motifs is 3. The first kappa shape index (κ1) is 24.8. The van der Waals surface area contributed by atoms with Crippen molar-refractivity contribution in [3.05, 3.63) is 48.2 Å². The van der Waals surface area contributed by atoms with E-state index in [1.807, 2.05) is 24.4 Å². The van der Waals surface area contributed by atoms with Crippen LogP contribution in [0.3, 0.4) is 0 Å². The third-order valence-electron chi connectivity index (χ3n) is 10.1. The SMILES string of the molecule is CO[C@@H]1CC(=O)[C@]23C(=O)N[C@H](Cc4c[nH]c5ccccc45)[C@@H]2[C@H](C)[C@]2(C)O[C@@H]2[C@@H]3/C=C/C[C@H](C)C[C@@H]1O. The molecular weight excluding hydrogens is 468 g/mol. The third kappa shape index (κ3) is 3.57. The topological polar surface area (TPSA) is 104 Å². The summed E-state index contributed by atoms with van der Waals surface area (Å²) in [5, 5.41) is 15.3. The molecule has 2 aromatic rings. The van der Waals surface area contributed by atoms with Crippen molar-refractivity contribution in [3.63, 3.8) is 0 Å². The van der Waals surface area contributed by atoms with Gasteiger partial charge in [-0.3, -0.25) is 9.59 Å². The Hall–Kier alpha value is -2.48. The standard InChI is InChI=1S/C30H38N2O5/c1-16-8-7-10-20-27-29(3,37-27)17(2)26-22(13-18-15-31-21-11-6-5-9-19(18)21)32-28(35)30(20,26)25(34)14-24(36-4)23(33)12-16/h5-7,9-11,15-17,20,22-24,26-27,31,33H,8,12-14H2,1-4H3,(H,32,35)/b10-7+/t16-,17-,20-,22+,23-,24+,26-,27+,29-,30-/m0/s1. The number of H-pyrrole nitrogens is 1. The molecule has 0 unspecified atom stereocenters. The van der Waals surface area contributed by atoms with Crippen molar-refractivity contribution < 1.29 is 24.2 Å². The monoisotopic (exact) mass is 506 g/mol. The van der Waals surface area contributed by atoms with Crippen LogP contribution in [-0.2, 0) is 25.5 Å². The number of aliphatic hydroxyl groups excluding tert-OH is 1. The summed E-state index contributed by atoms with van der Waals surface area (Å²) < 4.78 is 12.0. The quantitative estimate of drug-likeness (QED) is 0.336. The summed E-state index contributed by atoms with van der Waals surface area (Å²) in [5.74, 6) is -0.717. The maximum atomic E-state index is 14.4. The van der Waals surface area contributed by atoms with Crippen molar-refractivity contribution in [1.82, 2.24) is 10.3 Å². The van der Waals surface area contributed by atoms with Gasteiger partial charge in [-0.1, -0.05) is 44.2 Å². The van der Waals surface area contributed by atoms with Gasteiger partial charge in [-0.2, -0.15) is 0 Å². The van der Waals surface area contributed by atoms with Crippen molar-refractivity contribution >= 4 is 22.6 Å². The number of ketones is 1. The zero-order valence-electron chi connectivity index (χ0n) is 22.1. The van der Waals surface area contributed by atoms with Crippen LogP contribution < -0.4 is 5.32 Å². The number of hydrogen-bond donors (Lipinski definition) is 3. The minimum atomic E-state index is -1.25. The maximum absolute atomic E-state index is 14.4. The van der Waals surface area contributed by atoms with Crippen molar-refractivity contribution in [2.24, 2.45) is 29.1 Å². The molecule has 198 valence electrons. The Morgan fingerprint density at radius 1 is 1.22 bits per heavy atom. The molecule has 0 radical (unpaired) electrons. The number of nitrogens with one attached hydrogen (secondary N) is 2. The fraction of sp³-hybridized carbons (Fsp3) is 0.600. The normalized spacial score (nSPS) is 44.4. The Morgan fingerprint density at radius 3 is 2.78 bits per heavy atom. The van der Waals surface area contributed by atoms with E-state index in [1.54, 1.807) is 0 Å².